The van der Waals surface area contributed by atoms with Crippen LogP contribution in [-0.2, 0) is 9.53 Å². The summed E-state index contributed by atoms with van der Waals surface area (Å²) in [5.41, 5.74) is 0.514. The van der Waals surface area contributed by atoms with Crippen LogP contribution in [0.4, 0.5) is 10.1 Å². The fourth-order valence-corrected chi connectivity index (χ4v) is 2.68. The van der Waals surface area contributed by atoms with Crippen LogP contribution in [0.2, 0.25) is 5.02 Å². The molecular weight excluding hydrogens is 324 g/mol. The van der Waals surface area contributed by atoms with Gasteiger partial charge in [0.2, 0.25) is 0 Å². The quantitative estimate of drug-likeness (QED) is 0.854. The van der Waals surface area contributed by atoms with Crippen molar-refractivity contribution in [3.8, 4) is 0 Å². The van der Waals surface area contributed by atoms with Crippen LogP contribution in [0, 0.1) is 11.7 Å². The number of rotatable bonds is 4. The summed E-state index contributed by atoms with van der Waals surface area (Å²) in [7, 11) is 1.35. The highest BCUT2D eigenvalue weighted by Gasteiger charge is 2.37. The third-order valence-electron chi connectivity index (χ3n) is 2.86. The summed E-state index contributed by atoms with van der Waals surface area (Å²) >= 11 is 9.20. The van der Waals surface area contributed by atoms with Gasteiger partial charge in [0.05, 0.1) is 17.8 Å². The van der Waals surface area contributed by atoms with Crippen LogP contribution in [0.1, 0.15) is 12.8 Å². The molecule has 2 rings (SSSR count). The van der Waals surface area contributed by atoms with Gasteiger partial charge in [-0.2, -0.15) is 0 Å². The van der Waals surface area contributed by atoms with Crippen LogP contribution in [0.25, 0.3) is 0 Å². The zero-order valence-electron chi connectivity index (χ0n) is 9.67. The topological polar surface area (TPSA) is 38.3 Å². The first-order valence-electron chi connectivity index (χ1n) is 5.52. The molecule has 1 unspecified atom stereocenters. The monoisotopic (exact) mass is 335 g/mol. The van der Waals surface area contributed by atoms with Crippen LogP contribution < -0.4 is 5.32 Å². The van der Waals surface area contributed by atoms with Gasteiger partial charge in [0.15, 0.2) is 0 Å². The molecule has 1 N–H and O–H groups in total. The highest BCUT2D eigenvalue weighted by Crippen LogP contribution is 2.38. The third kappa shape index (κ3) is 2.95. The van der Waals surface area contributed by atoms with Crippen LogP contribution in [-0.4, -0.2) is 19.1 Å². The van der Waals surface area contributed by atoms with Crippen LogP contribution in [0.15, 0.2) is 16.6 Å². The van der Waals surface area contributed by atoms with Crippen molar-refractivity contribution in [3.63, 3.8) is 0 Å². The summed E-state index contributed by atoms with van der Waals surface area (Å²) in [6.45, 7) is 0. The molecule has 0 radical (unpaired) electrons. The van der Waals surface area contributed by atoms with E-state index in [2.05, 4.69) is 21.2 Å². The lowest BCUT2D eigenvalue weighted by molar-refractivity contribution is -0.142. The lowest BCUT2D eigenvalue weighted by atomic mass is 10.1. The zero-order valence-corrected chi connectivity index (χ0v) is 12.0. The van der Waals surface area contributed by atoms with Gasteiger partial charge in [-0.15, -0.1) is 0 Å². The minimum Gasteiger partial charge on any atom is -0.467 e. The highest BCUT2D eigenvalue weighted by molar-refractivity contribution is 9.10. The number of nitrogens with one attached hydrogen (secondary N) is 1. The number of methoxy groups -OCH3 is 1. The van der Waals surface area contributed by atoms with Gasteiger partial charge in [0, 0.05) is 4.47 Å². The van der Waals surface area contributed by atoms with Gasteiger partial charge < -0.3 is 10.1 Å². The third-order valence-corrected chi connectivity index (χ3v) is 3.78. The first-order valence-corrected chi connectivity index (χ1v) is 6.69. The molecule has 0 bridgehead atoms. The molecule has 0 amide bonds. The highest BCUT2D eigenvalue weighted by atomic mass is 79.9. The summed E-state index contributed by atoms with van der Waals surface area (Å²) in [5, 5.41) is 3.27. The van der Waals surface area contributed by atoms with E-state index in [1.165, 1.54) is 19.2 Å². The van der Waals surface area contributed by atoms with Crippen molar-refractivity contribution >= 4 is 39.2 Å². The normalized spacial score (nSPS) is 16.2. The Hall–Kier alpha value is -0.810. The van der Waals surface area contributed by atoms with Crippen molar-refractivity contribution in [1.82, 2.24) is 0 Å². The number of halogens is 3. The summed E-state index contributed by atoms with van der Waals surface area (Å²) in [6, 6.07) is 2.07. The predicted molar refractivity (Wildman–Crippen MR) is 71.3 cm³/mol. The average Bonchev–Trinajstić information content (AvgIpc) is 3.11. The molecule has 1 aromatic rings. The molecule has 3 nitrogen and oxygen atoms in total. The number of anilines is 1. The zero-order chi connectivity index (χ0) is 13.3. The summed E-state index contributed by atoms with van der Waals surface area (Å²) in [5.74, 6) is -0.506. The van der Waals surface area contributed by atoms with E-state index < -0.39 is 11.9 Å². The number of carbonyl (C=O) groups is 1. The molecule has 0 saturated heterocycles. The number of hydrogen-bond acceptors (Lipinski definition) is 3. The summed E-state index contributed by atoms with van der Waals surface area (Å²) in [4.78, 5) is 11.7. The van der Waals surface area contributed by atoms with Crippen LogP contribution in [0.3, 0.4) is 0 Å². The maximum Gasteiger partial charge on any atom is 0.328 e. The SMILES string of the molecule is COC(=O)C(Nc1c(Cl)cc(F)cc1Br)C1CC1. The van der Waals surface area contributed by atoms with E-state index in [0.717, 1.165) is 12.8 Å². The number of benzene rings is 1. The molecule has 6 heteroatoms. The maximum absolute atomic E-state index is 13.1. The molecule has 1 aromatic carbocycles. The Labute approximate surface area is 118 Å². The van der Waals surface area contributed by atoms with Crippen molar-refractivity contribution < 1.29 is 13.9 Å². The second kappa shape index (κ2) is 5.45. The standard InChI is InChI=1S/C12H12BrClFNO2/c1-18-12(17)10(6-2-3-6)16-11-8(13)4-7(15)5-9(11)14/h4-6,10,16H,2-3H2,1H3. The molecule has 18 heavy (non-hydrogen) atoms. The van der Waals surface area contributed by atoms with Crippen LogP contribution in [0.5, 0.6) is 0 Å². The molecule has 0 heterocycles. The number of hydrogen-bond donors (Lipinski definition) is 1. The van der Waals surface area contributed by atoms with E-state index in [9.17, 15) is 9.18 Å². The molecular formula is C12H12BrClFNO2. The van der Waals surface area contributed by atoms with Gasteiger partial charge in [0.25, 0.3) is 0 Å². The molecule has 1 aliphatic carbocycles. The second-order valence-electron chi connectivity index (χ2n) is 4.23. The minimum atomic E-state index is -0.436. The van der Waals surface area contributed by atoms with Gasteiger partial charge >= 0.3 is 5.97 Å². The Morgan fingerprint density at radius 3 is 2.78 bits per heavy atom. The fourth-order valence-electron chi connectivity index (χ4n) is 1.76. The number of esters is 1. The van der Waals surface area contributed by atoms with Gasteiger partial charge in [-0.25, -0.2) is 9.18 Å². The lowest BCUT2D eigenvalue weighted by Crippen LogP contribution is -2.33. The lowest BCUT2D eigenvalue weighted by Gasteiger charge is -2.19. The Morgan fingerprint density at radius 2 is 2.28 bits per heavy atom. The fraction of sp³-hybridized carbons (Fsp3) is 0.417. The van der Waals surface area contributed by atoms with Crippen molar-refractivity contribution in [2.24, 2.45) is 5.92 Å². The molecule has 1 saturated carbocycles. The Kier molecular flexibility index (Phi) is 4.12. The smallest absolute Gasteiger partial charge is 0.328 e. The molecule has 0 aromatic heterocycles. The minimum absolute atomic E-state index is 0.233. The van der Waals surface area contributed by atoms with Gasteiger partial charge in [-0.3, -0.25) is 0 Å². The van der Waals surface area contributed by atoms with Crippen molar-refractivity contribution in [2.45, 2.75) is 18.9 Å². The van der Waals surface area contributed by atoms with Gasteiger partial charge in [0.1, 0.15) is 11.9 Å². The van der Waals surface area contributed by atoms with Crippen LogP contribution >= 0.6 is 27.5 Å². The van der Waals surface area contributed by atoms with E-state index in [-0.39, 0.29) is 16.9 Å². The average molecular weight is 337 g/mol. The van der Waals surface area contributed by atoms with E-state index in [1.807, 2.05) is 0 Å². The number of ether oxygens (including phenoxy) is 1. The van der Waals surface area contributed by atoms with Crippen molar-refractivity contribution in [1.29, 1.82) is 0 Å². The van der Waals surface area contributed by atoms with E-state index in [0.29, 0.717) is 10.2 Å². The second-order valence-corrected chi connectivity index (χ2v) is 5.49. The molecule has 98 valence electrons. The molecule has 0 aliphatic heterocycles. The summed E-state index contributed by atoms with van der Waals surface area (Å²) in [6.07, 6.45) is 1.95. The molecule has 1 aliphatic rings. The molecule has 1 fully saturated rings. The molecule has 0 spiro atoms. The van der Waals surface area contributed by atoms with E-state index in [1.54, 1.807) is 0 Å². The van der Waals surface area contributed by atoms with Gasteiger partial charge in [-0.1, -0.05) is 11.6 Å². The Morgan fingerprint density at radius 1 is 1.61 bits per heavy atom. The predicted octanol–water partition coefficient (Wildman–Crippen LogP) is 3.61. The summed E-state index contributed by atoms with van der Waals surface area (Å²) < 4.78 is 18.4. The Bertz CT molecular complexity index is 456. The van der Waals surface area contributed by atoms with Crippen molar-refractivity contribution in [3.05, 3.63) is 27.4 Å². The van der Waals surface area contributed by atoms with E-state index in [4.69, 9.17) is 16.3 Å². The van der Waals surface area contributed by atoms with Crippen molar-refractivity contribution in [2.75, 3.05) is 12.4 Å². The van der Waals surface area contributed by atoms with E-state index >= 15 is 0 Å². The maximum atomic E-state index is 13.1. The first kappa shape index (κ1) is 13.6. The Balaban J connectivity index is 2.24. The van der Waals surface area contributed by atoms with Gasteiger partial charge in [-0.05, 0) is 46.8 Å². The largest absolute Gasteiger partial charge is 0.467 e. The first-order chi connectivity index (χ1) is 8.52. The number of carbonyl (C=O) groups excluding carboxylic acids is 1. The molecule has 1 atom stereocenters.